The molecule has 33 heavy (non-hydrogen) atoms. The number of esters is 1. The second kappa shape index (κ2) is 11.2. The second-order valence-corrected chi connectivity index (χ2v) is 9.91. The molecule has 178 valence electrons. The Morgan fingerprint density at radius 3 is 2.58 bits per heavy atom. The molecule has 1 N–H and O–H groups in total. The number of thiophene rings is 2. The Morgan fingerprint density at radius 2 is 1.91 bits per heavy atom. The van der Waals surface area contributed by atoms with E-state index in [0.717, 1.165) is 23.3 Å². The van der Waals surface area contributed by atoms with E-state index >= 15 is 0 Å². The van der Waals surface area contributed by atoms with Crippen molar-refractivity contribution in [2.24, 2.45) is 5.92 Å². The summed E-state index contributed by atoms with van der Waals surface area (Å²) in [5.41, 5.74) is 1.19. The van der Waals surface area contributed by atoms with Gasteiger partial charge in [0.05, 0.1) is 26.4 Å². The molecule has 2 aromatic heterocycles. The molecule has 2 aliphatic rings. The number of hydrogen-bond acceptors (Lipinski definition) is 8. The molecule has 0 unspecified atom stereocenters. The van der Waals surface area contributed by atoms with Gasteiger partial charge in [-0.15, -0.1) is 22.7 Å². The minimum absolute atomic E-state index is 0.0171. The molecular formula is C23H29N3O5S2. The van der Waals surface area contributed by atoms with E-state index in [-0.39, 0.29) is 30.9 Å². The summed E-state index contributed by atoms with van der Waals surface area (Å²) >= 11 is 2.87. The molecule has 2 saturated heterocycles. The number of amides is 2. The fourth-order valence-corrected chi connectivity index (χ4v) is 6.01. The summed E-state index contributed by atoms with van der Waals surface area (Å²) in [5.74, 6) is -0.373. The lowest BCUT2D eigenvalue weighted by Gasteiger charge is -2.35. The highest BCUT2D eigenvalue weighted by atomic mass is 32.1. The molecule has 8 nitrogen and oxygen atoms in total. The standard InChI is InChI=1S/C23H29N3O5S2/c1-2-31-23(29)20-17(18-4-3-13-32-18)15-33-21(20)24-19(27)14-25-7-5-16(6-8-25)22(28)26-9-11-30-12-10-26/h3-4,13,15-16H,2,5-12,14H2,1H3,(H,24,27). The van der Waals surface area contributed by atoms with E-state index in [1.54, 1.807) is 6.92 Å². The molecule has 0 radical (unpaired) electrons. The molecule has 0 spiro atoms. The predicted octanol–water partition coefficient (Wildman–Crippen LogP) is 3.16. The largest absolute Gasteiger partial charge is 0.462 e. The van der Waals surface area contributed by atoms with Crippen molar-refractivity contribution in [3.63, 3.8) is 0 Å². The molecule has 10 heteroatoms. The maximum Gasteiger partial charge on any atom is 0.341 e. The first-order chi connectivity index (χ1) is 16.1. The highest BCUT2D eigenvalue weighted by Gasteiger charge is 2.30. The summed E-state index contributed by atoms with van der Waals surface area (Å²) in [6.45, 7) is 6.20. The monoisotopic (exact) mass is 491 g/mol. The van der Waals surface area contributed by atoms with Gasteiger partial charge in [0.25, 0.3) is 0 Å². The van der Waals surface area contributed by atoms with Crippen molar-refractivity contribution in [3.8, 4) is 10.4 Å². The van der Waals surface area contributed by atoms with Crippen LogP contribution in [0.4, 0.5) is 5.00 Å². The van der Waals surface area contributed by atoms with Crippen LogP contribution in [0.15, 0.2) is 22.9 Å². The molecule has 4 heterocycles. The van der Waals surface area contributed by atoms with Gasteiger partial charge in [0.1, 0.15) is 10.6 Å². The van der Waals surface area contributed by atoms with E-state index < -0.39 is 5.97 Å². The van der Waals surface area contributed by atoms with Gasteiger partial charge >= 0.3 is 5.97 Å². The van der Waals surface area contributed by atoms with Crippen LogP contribution in [0.2, 0.25) is 0 Å². The maximum atomic E-state index is 12.8. The van der Waals surface area contributed by atoms with Crippen molar-refractivity contribution in [1.82, 2.24) is 9.80 Å². The van der Waals surface area contributed by atoms with Crippen molar-refractivity contribution >= 4 is 45.5 Å². The summed E-state index contributed by atoms with van der Waals surface area (Å²) in [6.07, 6.45) is 1.50. The third-order valence-electron chi connectivity index (χ3n) is 5.94. The summed E-state index contributed by atoms with van der Waals surface area (Å²) < 4.78 is 10.6. The summed E-state index contributed by atoms with van der Waals surface area (Å²) in [5, 5.41) is 7.27. The van der Waals surface area contributed by atoms with Gasteiger partial charge in [-0.1, -0.05) is 6.07 Å². The first kappa shape index (κ1) is 23.9. The van der Waals surface area contributed by atoms with E-state index in [9.17, 15) is 14.4 Å². The smallest absolute Gasteiger partial charge is 0.341 e. The molecule has 0 atom stereocenters. The molecule has 2 aromatic rings. The van der Waals surface area contributed by atoms with Gasteiger partial charge in [-0.2, -0.15) is 0 Å². The number of carbonyl (C=O) groups excluding carboxylic acids is 3. The van der Waals surface area contributed by atoms with Gasteiger partial charge in [-0.25, -0.2) is 4.79 Å². The van der Waals surface area contributed by atoms with E-state index in [4.69, 9.17) is 9.47 Å². The average molecular weight is 492 g/mol. The molecule has 2 aliphatic heterocycles. The molecule has 0 bridgehead atoms. The van der Waals surface area contributed by atoms with Crippen LogP contribution < -0.4 is 5.32 Å². The van der Waals surface area contributed by atoms with Gasteiger partial charge in [0.15, 0.2) is 0 Å². The van der Waals surface area contributed by atoms with Crippen LogP contribution in [0.3, 0.4) is 0 Å². The number of likely N-dealkylation sites (tertiary alicyclic amines) is 1. The Kier molecular flexibility index (Phi) is 8.13. The van der Waals surface area contributed by atoms with Crippen LogP contribution in [-0.4, -0.2) is 80.1 Å². The van der Waals surface area contributed by atoms with Gasteiger partial charge < -0.3 is 19.7 Å². The van der Waals surface area contributed by atoms with Crippen molar-refractivity contribution in [2.75, 3.05) is 57.9 Å². The third kappa shape index (κ3) is 5.81. The zero-order chi connectivity index (χ0) is 23.2. The van der Waals surface area contributed by atoms with Crippen LogP contribution in [-0.2, 0) is 19.1 Å². The quantitative estimate of drug-likeness (QED) is 0.599. The van der Waals surface area contributed by atoms with E-state index in [0.29, 0.717) is 50.0 Å². The van der Waals surface area contributed by atoms with Crippen molar-refractivity contribution in [2.45, 2.75) is 19.8 Å². The summed E-state index contributed by atoms with van der Waals surface area (Å²) in [4.78, 5) is 43.0. The zero-order valence-electron chi connectivity index (χ0n) is 18.7. The summed E-state index contributed by atoms with van der Waals surface area (Å²) in [6, 6.07) is 3.88. The number of piperidine rings is 1. The van der Waals surface area contributed by atoms with E-state index in [1.165, 1.54) is 22.7 Å². The number of carbonyl (C=O) groups is 3. The van der Waals surface area contributed by atoms with Crippen LogP contribution in [0, 0.1) is 5.92 Å². The molecule has 4 rings (SSSR count). The number of hydrogen-bond donors (Lipinski definition) is 1. The van der Waals surface area contributed by atoms with E-state index in [1.807, 2.05) is 27.8 Å². The Bertz CT molecular complexity index is 961. The first-order valence-electron chi connectivity index (χ1n) is 11.3. The Labute approximate surface area is 201 Å². The number of nitrogens with zero attached hydrogens (tertiary/aromatic N) is 2. The topological polar surface area (TPSA) is 88.2 Å². The molecule has 2 amide bonds. The van der Waals surface area contributed by atoms with Crippen LogP contribution in [0.5, 0.6) is 0 Å². The van der Waals surface area contributed by atoms with Gasteiger partial charge in [0, 0.05) is 34.8 Å². The lowest BCUT2D eigenvalue weighted by atomic mass is 9.95. The second-order valence-electron chi connectivity index (χ2n) is 8.09. The van der Waals surface area contributed by atoms with Gasteiger partial charge in [0.2, 0.25) is 11.8 Å². The predicted molar refractivity (Wildman–Crippen MR) is 129 cm³/mol. The lowest BCUT2D eigenvalue weighted by Crippen LogP contribution is -2.47. The van der Waals surface area contributed by atoms with Gasteiger partial charge in [-0.3, -0.25) is 14.5 Å². The number of rotatable bonds is 7. The minimum Gasteiger partial charge on any atom is -0.462 e. The minimum atomic E-state index is -0.431. The van der Waals surface area contributed by atoms with Crippen molar-refractivity contribution in [3.05, 3.63) is 28.5 Å². The highest BCUT2D eigenvalue weighted by molar-refractivity contribution is 7.17. The fraction of sp³-hybridized carbons (Fsp3) is 0.522. The zero-order valence-corrected chi connectivity index (χ0v) is 20.3. The molecule has 0 aliphatic carbocycles. The summed E-state index contributed by atoms with van der Waals surface area (Å²) in [7, 11) is 0. The lowest BCUT2D eigenvalue weighted by molar-refractivity contribution is -0.141. The maximum absolute atomic E-state index is 12.8. The Morgan fingerprint density at radius 1 is 1.15 bits per heavy atom. The van der Waals surface area contributed by atoms with Crippen molar-refractivity contribution < 1.29 is 23.9 Å². The first-order valence-corrected chi connectivity index (χ1v) is 13.0. The fourth-order valence-electron chi connectivity index (χ4n) is 4.22. The van der Waals surface area contributed by atoms with Crippen LogP contribution in [0.25, 0.3) is 10.4 Å². The van der Waals surface area contributed by atoms with Crippen LogP contribution in [0.1, 0.15) is 30.1 Å². The number of anilines is 1. The highest BCUT2D eigenvalue weighted by Crippen LogP contribution is 2.38. The molecule has 0 aromatic carbocycles. The normalized spacial score (nSPS) is 17.7. The average Bonchev–Trinajstić information content (AvgIpc) is 3.50. The van der Waals surface area contributed by atoms with Crippen molar-refractivity contribution in [1.29, 1.82) is 0 Å². The number of nitrogens with one attached hydrogen (secondary N) is 1. The number of ether oxygens (including phenoxy) is 2. The SMILES string of the molecule is CCOC(=O)c1c(-c2cccs2)csc1NC(=O)CN1CCC(C(=O)N2CCOCC2)CC1. The molecule has 0 saturated carbocycles. The van der Waals surface area contributed by atoms with Gasteiger partial charge in [-0.05, 0) is 44.3 Å². The number of morpholine rings is 1. The van der Waals surface area contributed by atoms with E-state index in [2.05, 4.69) is 10.2 Å². The Balaban J connectivity index is 1.34. The van der Waals surface area contributed by atoms with Crippen LogP contribution >= 0.6 is 22.7 Å². The molecule has 2 fully saturated rings. The third-order valence-corrected chi connectivity index (χ3v) is 7.74. The molecular weight excluding hydrogens is 462 g/mol. The Hall–Kier alpha value is -2.27.